The number of quaternary nitrogens is 1. The SMILES string of the molecule is CCCCCCCC/C=C/CC/C=C/C(O)C(COP(=O)([O-])OCC[N+](C)(C)C)NC(=O)CCCCCCCCCCC/C=C\CCCCCCCCCCCCCC. The molecular formula is C50H97N2O6P. The molecule has 0 spiro atoms. The maximum atomic E-state index is 12.9. The molecule has 0 rings (SSSR count). The number of carbonyl (C=O) groups excluding carboxylic acids is 1. The topological polar surface area (TPSA) is 108 Å². The summed E-state index contributed by atoms with van der Waals surface area (Å²) in [5, 5.41) is 13.8. The molecule has 3 unspecified atom stereocenters. The van der Waals surface area contributed by atoms with Gasteiger partial charge in [0.05, 0.1) is 39.9 Å². The second-order valence-corrected chi connectivity index (χ2v) is 19.6. The number of aliphatic hydroxyl groups excluding tert-OH is 1. The van der Waals surface area contributed by atoms with E-state index in [0.29, 0.717) is 17.4 Å². The lowest BCUT2D eigenvalue weighted by atomic mass is 10.0. The molecule has 0 bridgehead atoms. The summed E-state index contributed by atoms with van der Waals surface area (Å²) >= 11 is 0. The first kappa shape index (κ1) is 57.7. The van der Waals surface area contributed by atoms with Gasteiger partial charge in [-0.15, -0.1) is 0 Å². The van der Waals surface area contributed by atoms with Crippen molar-refractivity contribution in [3.63, 3.8) is 0 Å². The largest absolute Gasteiger partial charge is 0.756 e. The summed E-state index contributed by atoms with van der Waals surface area (Å²) in [7, 11) is 1.24. The van der Waals surface area contributed by atoms with Crippen molar-refractivity contribution in [3.05, 3.63) is 36.5 Å². The third kappa shape index (κ3) is 44.6. The molecule has 3 atom stereocenters. The van der Waals surface area contributed by atoms with Gasteiger partial charge in [0.1, 0.15) is 13.2 Å². The summed E-state index contributed by atoms with van der Waals surface area (Å²) < 4.78 is 23.2. The molecule has 0 aliphatic rings. The number of amides is 1. The maximum Gasteiger partial charge on any atom is 0.268 e. The number of nitrogens with one attached hydrogen (secondary N) is 1. The zero-order valence-corrected chi connectivity index (χ0v) is 40.4. The van der Waals surface area contributed by atoms with Gasteiger partial charge in [0.2, 0.25) is 5.91 Å². The van der Waals surface area contributed by atoms with Gasteiger partial charge in [0.25, 0.3) is 7.82 Å². The number of phosphoric ester groups is 1. The molecule has 2 N–H and O–H groups in total. The number of allylic oxidation sites excluding steroid dienone is 5. The van der Waals surface area contributed by atoms with Gasteiger partial charge < -0.3 is 28.8 Å². The van der Waals surface area contributed by atoms with Crippen molar-refractivity contribution in [1.29, 1.82) is 0 Å². The Morgan fingerprint density at radius 2 is 0.949 bits per heavy atom. The lowest BCUT2D eigenvalue weighted by Crippen LogP contribution is -2.45. The fraction of sp³-hybridized carbons (Fsp3) is 0.860. The third-order valence-corrected chi connectivity index (χ3v) is 12.0. The van der Waals surface area contributed by atoms with Crippen molar-refractivity contribution < 1.29 is 32.9 Å². The first-order chi connectivity index (χ1) is 28.5. The second kappa shape index (κ2) is 42.0. The van der Waals surface area contributed by atoms with Crippen LogP contribution in [-0.2, 0) is 18.4 Å². The summed E-state index contributed by atoms with van der Waals surface area (Å²) in [6.07, 6.45) is 52.1. The quantitative estimate of drug-likeness (QED) is 0.0273. The van der Waals surface area contributed by atoms with Crippen molar-refractivity contribution in [3.8, 4) is 0 Å². The van der Waals surface area contributed by atoms with E-state index >= 15 is 0 Å². The summed E-state index contributed by atoms with van der Waals surface area (Å²) in [5.74, 6) is -0.210. The average Bonchev–Trinajstić information content (AvgIpc) is 3.19. The van der Waals surface area contributed by atoms with Gasteiger partial charge in [0.15, 0.2) is 0 Å². The predicted octanol–water partition coefficient (Wildman–Crippen LogP) is 13.6. The molecule has 0 aliphatic carbocycles. The Labute approximate surface area is 366 Å². The third-order valence-electron chi connectivity index (χ3n) is 11.1. The number of aliphatic hydroxyl groups is 1. The van der Waals surface area contributed by atoms with E-state index < -0.39 is 26.6 Å². The Balaban J connectivity index is 4.22. The van der Waals surface area contributed by atoms with Crippen LogP contribution in [0.2, 0.25) is 0 Å². The minimum absolute atomic E-state index is 0.00663. The molecule has 0 aliphatic heterocycles. The molecule has 9 heteroatoms. The highest BCUT2D eigenvalue weighted by atomic mass is 31.2. The molecule has 348 valence electrons. The van der Waals surface area contributed by atoms with Crippen LogP contribution < -0.4 is 10.2 Å². The normalized spacial score (nSPS) is 14.5. The van der Waals surface area contributed by atoms with Gasteiger partial charge in [-0.25, -0.2) is 0 Å². The van der Waals surface area contributed by atoms with Crippen molar-refractivity contribution >= 4 is 13.7 Å². The minimum Gasteiger partial charge on any atom is -0.756 e. The maximum absolute atomic E-state index is 12.9. The van der Waals surface area contributed by atoms with Crippen molar-refractivity contribution in [2.45, 2.75) is 238 Å². The smallest absolute Gasteiger partial charge is 0.268 e. The van der Waals surface area contributed by atoms with Crippen LogP contribution in [0, 0.1) is 0 Å². The van der Waals surface area contributed by atoms with Gasteiger partial charge in [-0.3, -0.25) is 9.36 Å². The number of hydrogen-bond acceptors (Lipinski definition) is 6. The zero-order chi connectivity index (χ0) is 43.6. The molecule has 0 saturated carbocycles. The Morgan fingerprint density at radius 1 is 0.576 bits per heavy atom. The van der Waals surface area contributed by atoms with E-state index in [1.807, 2.05) is 27.2 Å². The van der Waals surface area contributed by atoms with E-state index in [2.05, 4.69) is 43.5 Å². The van der Waals surface area contributed by atoms with Crippen LogP contribution in [-0.4, -0.2) is 68.5 Å². The van der Waals surface area contributed by atoms with Crippen molar-refractivity contribution in [2.24, 2.45) is 0 Å². The minimum atomic E-state index is -4.59. The van der Waals surface area contributed by atoms with Crippen LogP contribution in [0.1, 0.15) is 226 Å². The number of rotatable bonds is 45. The van der Waals surface area contributed by atoms with Crippen LogP contribution >= 0.6 is 7.82 Å². The molecule has 0 saturated heterocycles. The molecule has 0 aromatic heterocycles. The average molecular weight is 853 g/mol. The molecular weight excluding hydrogens is 756 g/mol. The molecule has 0 fully saturated rings. The van der Waals surface area contributed by atoms with Gasteiger partial charge in [-0.1, -0.05) is 198 Å². The molecule has 0 aromatic rings. The Bertz CT molecular complexity index is 1060. The summed E-state index contributed by atoms with van der Waals surface area (Å²) in [5.41, 5.74) is 0. The molecule has 0 radical (unpaired) electrons. The fourth-order valence-electron chi connectivity index (χ4n) is 7.10. The van der Waals surface area contributed by atoms with E-state index in [-0.39, 0.29) is 12.5 Å². The van der Waals surface area contributed by atoms with E-state index in [9.17, 15) is 19.4 Å². The zero-order valence-electron chi connectivity index (χ0n) is 39.5. The number of phosphoric acid groups is 1. The number of hydrogen-bond donors (Lipinski definition) is 2. The molecule has 1 amide bonds. The highest BCUT2D eigenvalue weighted by molar-refractivity contribution is 7.45. The highest BCUT2D eigenvalue weighted by Crippen LogP contribution is 2.38. The number of nitrogens with zero attached hydrogens (tertiary/aromatic N) is 1. The van der Waals surface area contributed by atoms with Crippen LogP contribution in [0.3, 0.4) is 0 Å². The van der Waals surface area contributed by atoms with Crippen LogP contribution in [0.25, 0.3) is 0 Å². The van der Waals surface area contributed by atoms with Crippen molar-refractivity contribution in [2.75, 3.05) is 40.9 Å². The number of likely N-dealkylation sites (N-methyl/N-ethyl adjacent to an activating group) is 1. The Hall–Kier alpha value is -1.28. The number of carbonyl (C=O) groups is 1. The van der Waals surface area contributed by atoms with E-state index in [1.54, 1.807) is 6.08 Å². The Morgan fingerprint density at radius 3 is 1.37 bits per heavy atom. The lowest BCUT2D eigenvalue weighted by molar-refractivity contribution is -0.870. The summed E-state index contributed by atoms with van der Waals surface area (Å²) in [4.78, 5) is 25.3. The molecule has 59 heavy (non-hydrogen) atoms. The molecule has 8 nitrogen and oxygen atoms in total. The van der Waals surface area contributed by atoms with Gasteiger partial charge in [-0.2, -0.15) is 0 Å². The second-order valence-electron chi connectivity index (χ2n) is 18.2. The monoisotopic (exact) mass is 853 g/mol. The standard InChI is InChI=1S/C50H97N2O6P/c1-6-8-10-12-14-16-18-20-21-22-23-24-25-26-27-28-29-30-31-32-34-36-38-40-42-44-50(54)51-48(47-58-59(55,56)57-46-45-52(3,4)5)49(53)43-41-39-37-35-33-19-17-15-13-11-9-7-2/h26-27,33,35,41,43,48-49,53H,6-25,28-32,34,36-40,42,44-47H2,1-5H3,(H-,51,54,55,56)/b27-26-,35-33+,43-41+. The van der Waals surface area contributed by atoms with Crippen LogP contribution in [0.15, 0.2) is 36.5 Å². The van der Waals surface area contributed by atoms with Crippen LogP contribution in [0.5, 0.6) is 0 Å². The highest BCUT2D eigenvalue weighted by Gasteiger charge is 2.23. The van der Waals surface area contributed by atoms with E-state index in [0.717, 1.165) is 38.5 Å². The summed E-state index contributed by atoms with van der Waals surface area (Å²) in [6, 6.07) is -0.902. The Kier molecular flexibility index (Phi) is 41.1. The first-order valence-corrected chi connectivity index (χ1v) is 26.3. The van der Waals surface area contributed by atoms with Crippen LogP contribution in [0.4, 0.5) is 0 Å². The van der Waals surface area contributed by atoms with E-state index in [1.165, 1.54) is 167 Å². The lowest BCUT2D eigenvalue weighted by Gasteiger charge is -2.29. The van der Waals surface area contributed by atoms with Gasteiger partial charge in [-0.05, 0) is 57.8 Å². The van der Waals surface area contributed by atoms with Crippen molar-refractivity contribution in [1.82, 2.24) is 5.32 Å². The molecule has 0 aromatic carbocycles. The van der Waals surface area contributed by atoms with Gasteiger partial charge >= 0.3 is 0 Å². The fourth-order valence-corrected chi connectivity index (χ4v) is 7.83. The predicted molar refractivity (Wildman–Crippen MR) is 251 cm³/mol. The number of unbranched alkanes of at least 4 members (excludes halogenated alkanes) is 28. The molecule has 0 heterocycles. The summed E-state index contributed by atoms with van der Waals surface area (Å²) in [6.45, 7) is 4.61. The van der Waals surface area contributed by atoms with Gasteiger partial charge in [0, 0.05) is 6.42 Å². The van der Waals surface area contributed by atoms with E-state index in [4.69, 9.17) is 9.05 Å². The first-order valence-electron chi connectivity index (χ1n) is 24.9.